The molecule has 0 radical (unpaired) electrons. The van der Waals surface area contributed by atoms with Crippen molar-refractivity contribution in [2.75, 3.05) is 21.3 Å². The molecule has 0 saturated heterocycles. The van der Waals surface area contributed by atoms with Gasteiger partial charge in [0.05, 0.1) is 21.3 Å². The van der Waals surface area contributed by atoms with E-state index in [2.05, 4.69) is 0 Å². The number of carbonyl (C=O) groups excluding carboxylic acids is 1. The second kappa shape index (κ2) is 7.39. The summed E-state index contributed by atoms with van der Waals surface area (Å²) in [6.45, 7) is 5.86. The van der Waals surface area contributed by atoms with Crippen LogP contribution in [0.2, 0.25) is 0 Å². The smallest absolute Gasteiger partial charge is 0.203 e. The summed E-state index contributed by atoms with van der Waals surface area (Å²) in [7, 11) is 4.72. The predicted molar refractivity (Wildman–Crippen MR) is 94.8 cm³/mol. The van der Waals surface area contributed by atoms with Gasteiger partial charge in [0.2, 0.25) is 5.75 Å². The molecule has 0 aliphatic rings. The van der Waals surface area contributed by atoms with Gasteiger partial charge < -0.3 is 14.2 Å². The molecule has 4 nitrogen and oxygen atoms in total. The first-order chi connectivity index (χ1) is 11.4. The van der Waals surface area contributed by atoms with E-state index in [9.17, 15) is 4.79 Å². The molecule has 0 aromatic heterocycles. The number of hydrogen-bond donors (Lipinski definition) is 0. The van der Waals surface area contributed by atoms with E-state index < -0.39 is 0 Å². The van der Waals surface area contributed by atoms with Crippen LogP contribution in [0, 0.1) is 20.8 Å². The molecule has 2 aromatic rings. The summed E-state index contributed by atoms with van der Waals surface area (Å²) in [5, 5.41) is 0. The molecule has 0 unspecified atom stereocenters. The second-order valence-electron chi connectivity index (χ2n) is 5.81. The second-order valence-corrected chi connectivity index (χ2v) is 5.81. The van der Waals surface area contributed by atoms with Gasteiger partial charge in [-0.05, 0) is 43.5 Å². The molecule has 0 saturated carbocycles. The Morgan fingerprint density at radius 1 is 0.875 bits per heavy atom. The summed E-state index contributed by atoms with van der Waals surface area (Å²) < 4.78 is 16.3. The number of Topliss-reactive ketones (excluding diaryl/α,β-unsaturated/α-hetero) is 1. The molecular formula is C20H24O4. The highest BCUT2D eigenvalue weighted by atomic mass is 16.5. The molecule has 0 N–H and O–H groups in total. The van der Waals surface area contributed by atoms with Gasteiger partial charge in [-0.15, -0.1) is 0 Å². The molecular weight excluding hydrogens is 304 g/mol. The van der Waals surface area contributed by atoms with Crippen LogP contribution < -0.4 is 14.2 Å². The Bertz CT molecular complexity index is 742. The number of hydrogen-bond acceptors (Lipinski definition) is 4. The fourth-order valence-corrected chi connectivity index (χ4v) is 3.06. The van der Waals surface area contributed by atoms with Gasteiger partial charge in [-0.1, -0.05) is 18.2 Å². The van der Waals surface area contributed by atoms with Crippen LogP contribution in [0.15, 0.2) is 24.3 Å². The van der Waals surface area contributed by atoms with Gasteiger partial charge in [0.25, 0.3) is 0 Å². The van der Waals surface area contributed by atoms with Gasteiger partial charge in [0.15, 0.2) is 17.3 Å². The van der Waals surface area contributed by atoms with Gasteiger partial charge >= 0.3 is 0 Å². The van der Waals surface area contributed by atoms with E-state index in [1.165, 1.54) is 0 Å². The molecule has 0 heterocycles. The quantitative estimate of drug-likeness (QED) is 0.750. The van der Waals surface area contributed by atoms with E-state index in [1.807, 2.05) is 45.0 Å². The Kier molecular flexibility index (Phi) is 5.50. The van der Waals surface area contributed by atoms with Crippen molar-refractivity contribution in [2.24, 2.45) is 0 Å². The molecule has 0 atom stereocenters. The molecule has 2 aromatic carbocycles. The van der Waals surface area contributed by atoms with Crippen molar-refractivity contribution in [3.8, 4) is 17.2 Å². The number of benzene rings is 2. The van der Waals surface area contributed by atoms with Crippen LogP contribution in [0.4, 0.5) is 0 Å². The number of ether oxygens (including phenoxy) is 3. The van der Waals surface area contributed by atoms with Crippen LogP contribution in [0.1, 0.15) is 32.6 Å². The maximum absolute atomic E-state index is 12.9. The van der Waals surface area contributed by atoms with Gasteiger partial charge in [-0.3, -0.25) is 4.79 Å². The summed E-state index contributed by atoms with van der Waals surface area (Å²) >= 11 is 0. The third-order valence-electron chi connectivity index (χ3n) is 4.25. The lowest BCUT2D eigenvalue weighted by Crippen LogP contribution is -2.11. The Morgan fingerprint density at radius 2 is 1.46 bits per heavy atom. The monoisotopic (exact) mass is 328 g/mol. The standard InChI is InChI=1S/C20H24O4/c1-12-8-7-9-13(2)18(12)16(21)11-15-14(3)10-17(22-4)20(24-6)19(15)23-5/h7-10H,11H2,1-6H3. The average Bonchev–Trinajstić information content (AvgIpc) is 2.55. The van der Waals surface area contributed by atoms with Crippen molar-refractivity contribution >= 4 is 5.78 Å². The van der Waals surface area contributed by atoms with E-state index in [4.69, 9.17) is 14.2 Å². The fourth-order valence-electron chi connectivity index (χ4n) is 3.06. The lowest BCUT2D eigenvalue weighted by molar-refractivity contribution is 0.0990. The van der Waals surface area contributed by atoms with Crippen molar-refractivity contribution in [2.45, 2.75) is 27.2 Å². The number of methoxy groups -OCH3 is 3. The predicted octanol–water partition coefficient (Wildman–Crippen LogP) is 4.06. The number of rotatable bonds is 6. The van der Waals surface area contributed by atoms with E-state index in [0.717, 1.165) is 27.8 Å². The minimum atomic E-state index is 0.0687. The lowest BCUT2D eigenvalue weighted by atomic mass is 9.93. The normalized spacial score (nSPS) is 10.4. The molecule has 2 rings (SSSR count). The Balaban J connectivity index is 2.51. The van der Waals surface area contributed by atoms with Crippen molar-refractivity contribution < 1.29 is 19.0 Å². The first-order valence-corrected chi connectivity index (χ1v) is 7.82. The molecule has 4 heteroatoms. The summed E-state index contributed by atoms with van der Waals surface area (Å²) in [5.74, 6) is 1.72. The molecule has 128 valence electrons. The third kappa shape index (κ3) is 3.23. The zero-order chi connectivity index (χ0) is 17.9. The van der Waals surface area contributed by atoms with Crippen LogP contribution >= 0.6 is 0 Å². The van der Waals surface area contributed by atoms with E-state index in [1.54, 1.807) is 21.3 Å². The zero-order valence-electron chi connectivity index (χ0n) is 15.1. The number of ketones is 1. The molecule has 0 amide bonds. The van der Waals surface area contributed by atoms with Gasteiger partial charge in [0, 0.05) is 17.5 Å². The largest absolute Gasteiger partial charge is 0.493 e. The molecule has 0 aliphatic heterocycles. The summed E-state index contributed by atoms with van der Waals surface area (Å²) in [6, 6.07) is 7.75. The van der Waals surface area contributed by atoms with Crippen molar-refractivity contribution in [3.05, 3.63) is 52.1 Å². The Hall–Kier alpha value is -2.49. The lowest BCUT2D eigenvalue weighted by Gasteiger charge is -2.18. The van der Waals surface area contributed by atoms with Crippen LogP contribution in [0.3, 0.4) is 0 Å². The molecule has 0 fully saturated rings. The maximum Gasteiger partial charge on any atom is 0.203 e. The summed E-state index contributed by atoms with van der Waals surface area (Å²) in [5.41, 5.74) is 4.50. The fraction of sp³-hybridized carbons (Fsp3) is 0.350. The van der Waals surface area contributed by atoms with Crippen molar-refractivity contribution in [3.63, 3.8) is 0 Å². The number of aryl methyl sites for hydroxylation is 3. The van der Waals surface area contributed by atoms with E-state index in [-0.39, 0.29) is 12.2 Å². The Morgan fingerprint density at radius 3 is 1.96 bits per heavy atom. The topological polar surface area (TPSA) is 44.8 Å². The highest BCUT2D eigenvalue weighted by Crippen LogP contribution is 2.42. The SMILES string of the molecule is COc1cc(C)c(CC(=O)c2c(C)cccc2C)c(OC)c1OC. The van der Waals surface area contributed by atoms with Crippen LogP contribution in [0.25, 0.3) is 0 Å². The molecule has 0 spiro atoms. The summed E-state index contributed by atoms with van der Waals surface area (Å²) in [4.78, 5) is 12.9. The van der Waals surface area contributed by atoms with Crippen LogP contribution in [-0.4, -0.2) is 27.1 Å². The zero-order valence-corrected chi connectivity index (χ0v) is 15.1. The summed E-state index contributed by atoms with van der Waals surface area (Å²) in [6.07, 6.45) is 0.251. The average molecular weight is 328 g/mol. The minimum Gasteiger partial charge on any atom is -0.493 e. The van der Waals surface area contributed by atoms with E-state index >= 15 is 0 Å². The van der Waals surface area contributed by atoms with Crippen LogP contribution in [-0.2, 0) is 6.42 Å². The molecule has 24 heavy (non-hydrogen) atoms. The van der Waals surface area contributed by atoms with Crippen molar-refractivity contribution in [1.82, 2.24) is 0 Å². The first-order valence-electron chi connectivity index (χ1n) is 7.82. The molecule has 0 aliphatic carbocycles. The highest BCUT2D eigenvalue weighted by molar-refractivity contribution is 6.00. The van der Waals surface area contributed by atoms with Gasteiger partial charge in [-0.2, -0.15) is 0 Å². The first kappa shape index (κ1) is 17.9. The van der Waals surface area contributed by atoms with Crippen LogP contribution in [0.5, 0.6) is 17.2 Å². The van der Waals surface area contributed by atoms with Gasteiger partial charge in [0.1, 0.15) is 0 Å². The third-order valence-corrected chi connectivity index (χ3v) is 4.25. The number of carbonyl (C=O) groups is 1. The van der Waals surface area contributed by atoms with Crippen molar-refractivity contribution in [1.29, 1.82) is 0 Å². The molecule has 0 bridgehead atoms. The van der Waals surface area contributed by atoms with Gasteiger partial charge in [-0.25, -0.2) is 0 Å². The maximum atomic E-state index is 12.9. The highest BCUT2D eigenvalue weighted by Gasteiger charge is 2.22. The minimum absolute atomic E-state index is 0.0687. The Labute approximate surface area is 143 Å². The van der Waals surface area contributed by atoms with E-state index in [0.29, 0.717) is 17.2 Å².